The highest BCUT2D eigenvalue weighted by Crippen LogP contribution is 2.20. The Balaban J connectivity index is 1.56. The number of benzene rings is 2. The summed E-state index contributed by atoms with van der Waals surface area (Å²) in [5.41, 5.74) is 2.61. The Morgan fingerprint density at radius 2 is 1.62 bits per heavy atom. The smallest absolute Gasteiger partial charge is 0.241 e. The van der Waals surface area contributed by atoms with E-state index in [1.807, 2.05) is 17.0 Å². The zero-order valence-electron chi connectivity index (χ0n) is 17.3. The molecule has 2 aromatic carbocycles. The van der Waals surface area contributed by atoms with Crippen LogP contribution in [-0.4, -0.2) is 50.0 Å². The van der Waals surface area contributed by atoms with Gasteiger partial charge in [-0.25, -0.2) is 0 Å². The third-order valence-corrected chi connectivity index (χ3v) is 5.45. The van der Waals surface area contributed by atoms with E-state index in [9.17, 15) is 4.79 Å². The molecule has 1 aliphatic heterocycles. The molecule has 5 nitrogen and oxygen atoms in total. The largest absolute Gasteiger partial charge is 0.356 e. The maximum absolute atomic E-state index is 12.4. The van der Waals surface area contributed by atoms with Gasteiger partial charge in [-0.05, 0) is 36.8 Å². The lowest BCUT2D eigenvalue weighted by Crippen LogP contribution is -2.46. The number of nitrogens with one attached hydrogen (secondary N) is 2. The lowest BCUT2D eigenvalue weighted by molar-refractivity contribution is -0.130. The van der Waals surface area contributed by atoms with Gasteiger partial charge < -0.3 is 15.5 Å². The van der Waals surface area contributed by atoms with Crippen LogP contribution in [-0.2, 0) is 11.2 Å². The van der Waals surface area contributed by atoms with Gasteiger partial charge in [0.1, 0.15) is 0 Å². The van der Waals surface area contributed by atoms with E-state index in [1.165, 1.54) is 17.5 Å². The van der Waals surface area contributed by atoms with Crippen LogP contribution in [0.3, 0.4) is 0 Å². The van der Waals surface area contributed by atoms with E-state index in [0.717, 1.165) is 38.9 Å². The van der Waals surface area contributed by atoms with Crippen molar-refractivity contribution < 1.29 is 4.79 Å². The van der Waals surface area contributed by atoms with E-state index in [4.69, 9.17) is 0 Å². The van der Waals surface area contributed by atoms with Crippen molar-refractivity contribution in [2.45, 2.75) is 31.6 Å². The molecule has 1 heterocycles. The molecule has 0 bridgehead atoms. The molecule has 0 saturated carbocycles. The molecule has 1 aliphatic rings. The Hall–Kier alpha value is -2.82. The monoisotopic (exact) mass is 392 g/mol. The van der Waals surface area contributed by atoms with Crippen molar-refractivity contribution in [2.75, 3.05) is 33.2 Å². The van der Waals surface area contributed by atoms with Crippen molar-refractivity contribution in [2.24, 2.45) is 4.99 Å². The predicted octanol–water partition coefficient (Wildman–Crippen LogP) is 3.19. The van der Waals surface area contributed by atoms with E-state index < -0.39 is 0 Å². The Kier molecular flexibility index (Phi) is 8.11. The standard InChI is InChI=1S/C24H32N4O/c1-25-24(27-19-23(29)28-15-9-4-10-16-28)26-18-22(21-13-7-3-8-14-21)17-20-11-5-2-6-12-20/h2-3,5-8,11-14,22H,4,9-10,15-19H2,1H3,(H2,25,26,27). The molecule has 1 unspecified atom stereocenters. The van der Waals surface area contributed by atoms with E-state index in [-0.39, 0.29) is 12.5 Å². The van der Waals surface area contributed by atoms with Gasteiger partial charge in [-0.1, -0.05) is 60.7 Å². The molecule has 0 radical (unpaired) electrons. The van der Waals surface area contributed by atoms with Crippen molar-refractivity contribution in [3.8, 4) is 0 Å². The van der Waals surface area contributed by atoms with Crippen molar-refractivity contribution in [1.82, 2.24) is 15.5 Å². The number of aliphatic imine (C=N–C) groups is 1. The average Bonchev–Trinajstić information content (AvgIpc) is 2.80. The fraction of sp³-hybridized carbons (Fsp3) is 0.417. The zero-order valence-corrected chi connectivity index (χ0v) is 17.3. The molecule has 0 aromatic heterocycles. The molecule has 1 atom stereocenters. The summed E-state index contributed by atoms with van der Waals surface area (Å²) >= 11 is 0. The highest BCUT2D eigenvalue weighted by atomic mass is 16.2. The van der Waals surface area contributed by atoms with E-state index in [1.54, 1.807) is 7.05 Å². The fourth-order valence-corrected chi connectivity index (χ4v) is 3.79. The normalized spacial score (nSPS) is 15.6. The summed E-state index contributed by atoms with van der Waals surface area (Å²) in [6, 6.07) is 21.1. The summed E-state index contributed by atoms with van der Waals surface area (Å²) in [6.07, 6.45) is 4.39. The van der Waals surface area contributed by atoms with Crippen LogP contribution in [0.25, 0.3) is 0 Å². The van der Waals surface area contributed by atoms with Crippen LogP contribution in [0.5, 0.6) is 0 Å². The molecule has 29 heavy (non-hydrogen) atoms. The minimum atomic E-state index is 0.150. The van der Waals surface area contributed by atoms with Crippen LogP contribution in [0.15, 0.2) is 65.7 Å². The number of nitrogens with zero attached hydrogens (tertiary/aromatic N) is 2. The fourth-order valence-electron chi connectivity index (χ4n) is 3.79. The summed E-state index contributed by atoms with van der Waals surface area (Å²) in [7, 11) is 1.75. The molecule has 0 spiro atoms. The second kappa shape index (κ2) is 11.2. The number of hydrogen-bond acceptors (Lipinski definition) is 2. The van der Waals surface area contributed by atoms with Crippen molar-refractivity contribution in [3.63, 3.8) is 0 Å². The Morgan fingerprint density at radius 1 is 0.966 bits per heavy atom. The van der Waals surface area contributed by atoms with E-state index >= 15 is 0 Å². The number of guanidine groups is 1. The molecule has 2 aromatic rings. The summed E-state index contributed by atoms with van der Waals surface area (Å²) in [4.78, 5) is 18.7. The summed E-state index contributed by atoms with van der Waals surface area (Å²) in [5, 5.41) is 6.60. The third-order valence-electron chi connectivity index (χ3n) is 5.45. The maximum atomic E-state index is 12.4. The van der Waals surface area contributed by atoms with Gasteiger partial charge in [0.2, 0.25) is 5.91 Å². The Bertz CT molecular complexity index is 770. The first-order valence-corrected chi connectivity index (χ1v) is 10.6. The van der Waals surface area contributed by atoms with Crippen LogP contribution >= 0.6 is 0 Å². The van der Waals surface area contributed by atoms with Crippen LogP contribution < -0.4 is 10.6 Å². The lowest BCUT2D eigenvalue weighted by Gasteiger charge is -2.27. The number of amides is 1. The predicted molar refractivity (Wildman–Crippen MR) is 119 cm³/mol. The minimum absolute atomic E-state index is 0.150. The van der Waals surface area contributed by atoms with Crippen LogP contribution in [0.1, 0.15) is 36.3 Å². The molecule has 154 valence electrons. The van der Waals surface area contributed by atoms with Gasteiger partial charge in [0.15, 0.2) is 5.96 Å². The van der Waals surface area contributed by atoms with Gasteiger partial charge >= 0.3 is 0 Å². The molecule has 1 fully saturated rings. The first-order chi connectivity index (χ1) is 14.3. The molecule has 5 heteroatoms. The molecule has 0 aliphatic carbocycles. The van der Waals surface area contributed by atoms with Crippen LogP contribution in [0, 0.1) is 0 Å². The topological polar surface area (TPSA) is 56.7 Å². The van der Waals surface area contributed by atoms with Crippen molar-refractivity contribution in [3.05, 3.63) is 71.8 Å². The van der Waals surface area contributed by atoms with Gasteiger partial charge in [-0.2, -0.15) is 0 Å². The van der Waals surface area contributed by atoms with Crippen molar-refractivity contribution in [1.29, 1.82) is 0 Å². The molecular formula is C24H32N4O. The number of piperidine rings is 1. The molecule has 1 amide bonds. The second-order valence-electron chi connectivity index (χ2n) is 7.55. The first kappa shape index (κ1) is 20.9. The minimum Gasteiger partial charge on any atom is -0.356 e. The van der Waals surface area contributed by atoms with Gasteiger partial charge in [-0.15, -0.1) is 0 Å². The van der Waals surface area contributed by atoms with Gasteiger partial charge in [0, 0.05) is 32.6 Å². The highest BCUT2D eigenvalue weighted by Gasteiger charge is 2.17. The number of carbonyl (C=O) groups excluding carboxylic acids is 1. The number of likely N-dealkylation sites (tertiary alicyclic amines) is 1. The lowest BCUT2D eigenvalue weighted by atomic mass is 9.92. The summed E-state index contributed by atoms with van der Waals surface area (Å²) in [6.45, 7) is 2.78. The SMILES string of the molecule is CN=C(NCC(=O)N1CCCCC1)NCC(Cc1ccccc1)c1ccccc1. The summed E-state index contributed by atoms with van der Waals surface area (Å²) < 4.78 is 0. The molecular weight excluding hydrogens is 360 g/mol. The first-order valence-electron chi connectivity index (χ1n) is 10.6. The maximum Gasteiger partial charge on any atom is 0.241 e. The highest BCUT2D eigenvalue weighted by molar-refractivity contribution is 5.86. The summed E-state index contributed by atoms with van der Waals surface area (Å²) in [5.74, 6) is 1.14. The zero-order chi connectivity index (χ0) is 20.3. The Labute approximate surface area is 174 Å². The van der Waals surface area contributed by atoms with E-state index in [0.29, 0.717) is 11.9 Å². The second-order valence-corrected chi connectivity index (χ2v) is 7.55. The van der Waals surface area contributed by atoms with Gasteiger partial charge in [0.05, 0.1) is 6.54 Å². The number of carbonyl (C=O) groups is 1. The van der Waals surface area contributed by atoms with Gasteiger partial charge in [-0.3, -0.25) is 9.79 Å². The van der Waals surface area contributed by atoms with Crippen molar-refractivity contribution >= 4 is 11.9 Å². The quantitative estimate of drug-likeness (QED) is 0.562. The van der Waals surface area contributed by atoms with Gasteiger partial charge in [0.25, 0.3) is 0 Å². The average molecular weight is 393 g/mol. The van der Waals surface area contributed by atoms with Crippen LogP contribution in [0.2, 0.25) is 0 Å². The number of hydrogen-bond donors (Lipinski definition) is 2. The Morgan fingerprint density at radius 3 is 2.28 bits per heavy atom. The molecule has 3 rings (SSSR count). The van der Waals surface area contributed by atoms with E-state index in [2.05, 4.69) is 64.2 Å². The third kappa shape index (κ3) is 6.63. The van der Waals surface area contributed by atoms with Crippen LogP contribution in [0.4, 0.5) is 0 Å². The molecule has 2 N–H and O–H groups in total. The number of rotatable bonds is 7. The molecule has 1 saturated heterocycles.